The Morgan fingerprint density at radius 3 is 2.39 bits per heavy atom. The van der Waals surface area contributed by atoms with Gasteiger partial charge in [0, 0.05) is 11.9 Å². The number of hydrogen-bond donors (Lipinski definition) is 2. The Kier molecular flexibility index (Phi) is 4.62. The molecule has 0 atom stereocenters. The lowest BCUT2D eigenvalue weighted by molar-refractivity contribution is 0.475. The summed E-state index contributed by atoms with van der Waals surface area (Å²) in [4.78, 5) is 14.9. The van der Waals surface area contributed by atoms with Crippen LogP contribution in [0.15, 0.2) is 65.6 Å². The standard InChI is InChI=1S/C19H20N2O2/c22-18-11-9-15(10-12-18)7-4-8-17-14-21(19(23)20-17)13-16-5-2-1-3-6-16/h1-3,5-6,9-12,14,22H,4,7-8,13H2,(H,20,23). The molecule has 2 aromatic carbocycles. The van der Waals surface area contributed by atoms with Crippen LogP contribution >= 0.6 is 0 Å². The van der Waals surface area contributed by atoms with E-state index in [1.165, 1.54) is 5.56 Å². The van der Waals surface area contributed by atoms with Crippen LogP contribution in [-0.2, 0) is 19.4 Å². The second-order valence-corrected chi connectivity index (χ2v) is 5.72. The number of aromatic amines is 1. The molecule has 1 aromatic heterocycles. The van der Waals surface area contributed by atoms with Gasteiger partial charge in [-0.3, -0.25) is 4.57 Å². The van der Waals surface area contributed by atoms with Crippen LogP contribution in [0.2, 0.25) is 0 Å². The maximum Gasteiger partial charge on any atom is 0.326 e. The van der Waals surface area contributed by atoms with Crippen molar-refractivity contribution in [1.29, 1.82) is 0 Å². The summed E-state index contributed by atoms with van der Waals surface area (Å²) >= 11 is 0. The smallest absolute Gasteiger partial charge is 0.326 e. The lowest BCUT2D eigenvalue weighted by atomic mass is 10.1. The molecule has 0 radical (unpaired) electrons. The van der Waals surface area contributed by atoms with Crippen LogP contribution in [0, 0.1) is 0 Å². The molecule has 0 saturated heterocycles. The van der Waals surface area contributed by atoms with Gasteiger partial charge in [0.25, 0.3) is 0 Å². The van der Waals surface area contributed by atoms with Crippen molar-refractivity contribution >= 4 is 0 Å². The first-order chi connectivity index (χ1) is 11.2. The largest absolute Gasteiger partial charge is 0.508 e. The van der Waals surface area contributed by atoms with E-state index in [1.54, 1.807) is 16.7 Å². The van der Waals surface area contributed by atoms with E-state index < -0.39 is 0 Å². The Bertz CT molecular complexity index is 801. The minimum absolute atomic E-state index is 0.0616. The quantitative estimate of drug-likeness (QED) is 0.735. The molecular weight excluding hydrogens is 288 g/mol. The summed E-state index contributed by atoms with van der Waals surface area (Å²) in [6.45, 7) is 0.591. The van der Waals surface area contributed by atoms with E-state index in [1.807, 2.05) is 48.7 Å². The third-order valence-electron chi connectivity index (χ3n) is 3.88. The fraction of sp³-hybridized carbons (Fsp3) is 0.211. The summed E-state index contributed by atoms with van der Waals surface area (Å²) in [6, 6.07) is 17.2. The molecule has 3 rings (SSSR count). The lowest BCUT2D eigenvalue weighted by Crippen LogP contribution is -2.16. The zero-order chi connectivity index (χ0) is 16.1. The number of aryl methyl sites for hydroxylation is 2. The average molecular weight is 308 g/mol. The van der Waals surface area contributed by atoms with E-state index in [9.17, 15) is 9.90 Å². The second kappa shape index (κ2) is 7.01. The Morgan fingerprint density at radius 2 is 1.65 bits per heavy atom. The minimum atomic E-state index is -0.0616. The number of phenolic OH excluding ortho intramolecular Hbond substituents is 1. The van der Waals surface area contributed by atoms with E-state index >= 15 is 0 Å². The third-order valence-corrected chi connectivity index (χ3v) is 3.88. The van der Waals surface area contributed by atoms with Gasteiger partial charge in [0.2, 0.25) is 0 Å². The Balaban J connectivity index is 1.58. The minimum Gasteiger partial charge on any atom is -0.508 e. The topological polar surface area (TPSA) is 58.0 Å². The van der Waals surface area contributed by atoms with Crippen molar-refractivity contribution in [2.45, 2.75) is 25.8 Å². The molecule has 118 valence electrons. The predicted molar refractivity (Wildman–Crippen MR) is 90.7 cm³/mol. The molecule has 0 aliphatic carbocycles. The summed E-state index contributed by atoms with van der Waals surface area (Å²) in [7, 11) is 0. The molecule has 4 nitrogen and oxygen atoms in total. The number of phenols is 1. The summed E-state index contributed by atoms with van der Waals surface area (Å²) in [5, 5.41) is 9.27. The van der Waals surface area contributed by atoms with E-state index in [0.717, 1.165) is 30.5 Å². The fourth-order valence-electron chi connectivity index (χ4n) is 2.66. The number of H-pyrrole nitrogens is 1. The number of rotatable bonds is 6. The molecule has 2 N–H and O–H groups in total. The van der Waals surface area contributed by atoms with Crippen molar-refractivity contribution in [3.8, 4) is 5.75 Å². The monoisotopic (exact) mass is 308 g/mol. The maximum absolute atomic E-state index is 12.0. The molecule has 0 saturated carbocycles. The van der Waals surface area contributed by atoms with Gasteiger partial charge in [-0.25, -0.2) is 4.79 Å². The SMILES string of the molecule is O=c1[nH]c(CCCc2ccc(O)cc2)cn1Cc1ccccc1. The molecule has 4 heteroatoms. The van der Waals surface area contributed by atoms with Crippen molar-refractivity contribution in [3.63, 3.8) is 0 Å². The summed E-state index contributed by atoms with van der Waals surface area (Å²) in [5.74, 6) is 0.288. The second-order valence-electron chi connectivity index (χ2n) is 5.72. The predicted octanol–water partition coefficient (Wildman–Crippen LogP) is 3.11. The number of nitrogens with zero attached hydrogens (tertiary/aromatic N) is 1. The van der Waals surface area contributed by atoms with Gasteiger partial charge in [0.1, 0.15) is 5.75 Å². The van der Waals surface area contributed by atoms with Crippen LogP contribution < -0.4 is 5.69 Å². The molecule has 0 fully saturated rings. The van der Waals surface area contributed by atoms with Gasteiger partial charge in [-0.1, -0.05) is 42.5 Å². The van der Waals surface area contributed by atoms with Gasteiger partial charge in [-0.2, -0.15) is 0 Å². The Labute approximate surface area is 135 Å². The number of nitrogens with one attached hydrogen (secondary N) is 1. The first-order valence-corrected chi connectivity index (χ1v) is 7.81. The van der Waals surface area contributed by atoms with Crippen molar-refractivity contribution in [2.75, 3.05) is 0 Å². The zero-order valence-corrected chi connectivity index (χ0v) is 12.9. The molecular formula is C19H20N2O2. The van der Waals surface area contributed by atoms with Crippen LogP contribution in [0.25, 0.3) is 0 Å². The van der Waals surface area contributed by atoms with Gasteiger partial charge < -0.3 is 10.1 Å². The summed E-state index contributed by atoms with van der Waals surface area (Å²) < 4.78 is 1.71. The van der Waals surface area contributed by atoms with E-state index in [2.05, 4.69) is 4.98 Å². The molecule has 0 spiro atoms. The van der Waals surface area contributed by atoms with E-state index in [0.29, 0.717) is 6.54 Å². The number of aromatic nitrogens is 2. The van der Waals surface area contributed by atoms with E-state index in [4.69, 9.17) is 0 Å². The van der Waals surface area contributed by atoms with Crippen LogP contribution in [0.1, 0.15) is 23.2 Å². The molecule has 0 aliphatic rings. The van der Waals surface area contributed by atoms with Crippen molar-refractivity contribution in [2.24, 2.45) is 0 Å². The van der Waals surface area contributed by atoms with Gasteiger partial charge in [0.05, 0.1) is 6.54 Å². The molecule has 3 aromatic rings. The molecule has 1 heterocycles. The Hall–Kier alpha value is -2.75. The third kappa shape index (κ3) is 4.13. The van der Waals surface area contributed by atoms with Crippen LogP contribution in [0.4, 0.5) is 0 Å². The number of imidazole rings is 1. The zero-order valence-electron chi connectivity index (χ0n) is 12.9. The highest BCUT2D eigenvalue weighted by atomic mass is 16.3. The molecule has 23 heavy (non-hydrogen) atoms. The van der Waals surface area contributed by atoms with Crippen molar-refractivity contribution in [3.05, 3.63) is 88.1 Å². The Morgan fingerprint density at radius 1 is 0.913 bits per heavy atom. The highest BCUT2D eigenvalue weighted by Gasteiger charge is 2.04. The first kappa shape index (κ1) is 15.2. The first-order valence-electron chi connectivity index (χ1n) is 7.81. The van der Waals surface area contributed by atoms with Crippen molar-refractivity contribution in [1.82, 2.24) is 9.55 Å². The number of aromatic hydroxyl groups is 1. The average Bonchev–Trinajstić information content (AvgIpc) is 2.90. The van der Waals surface area contributed by atoms with Gasteiger partial charge >= 0.3 is 5.69 Å². The molecule has 0 unspecified atom stereocenters. The number of hydrogen-bond acceptors (Lipinski definition) is 2. The van der Waals surface area contributed by atoms with Crippen LogP contribution in [0.3, 0.4) is 0 Å². The van der Waals surface area contributed by atoms with Gasteiger partial charge in [-0.15, -0.1) is 0 Å². The maximum atomic E-state index is 12.0. The number of benzene rings is 2. The van der Waals surface area contributed by atoms with Crippen LogP contribution in [-0.4, -0.2) is 14.7 Å². The van der Waals surface area contributed by atoms with Crippen molar-refractivity contribution < 1.29 is 5.11 Å². The van der Waals surface area contributed by atoms with E-state index in [-0.39, 0.29) is 11.4 Å². The highest BCUT2D eigenvalue weighted by molar-refractivity contribution is 5.26. The normalized spacial score (nSPS) is 10.8. The molecule has 0 aliphatic heterocycles. The lowest BCUT2D eigenvalue weighted by Gasteiger charge is -2.01. The fourth-order valence-corrected chi connectivity index (χ4v) is 2.66. The summed E-state index contributed by atoms with van der Waals surface area (Å²) in [6.07, 6.45) is 4.62. The highest BCUT2D eigenvalue weighted by Crippen LogP contribution is 2.12. The summed E-state index contributed by atoms with van der Waals surface area (Å²) in [5.41, 5.74) is 3.20. The molecule has 0 amide bonds. The van der Waals surface area contributed by atoms with Gasteiger partial charge in [0.15, 0.2) is 0 Å². The molecule has 0 bridgehead atoms. The van der Waals surface area contributed by atoms with Gasteiger partial charge in [-0.05, 0) is 42.5 Å². The van der Waals surface area contributed by atoms with Crippen LogP contribution in [0.5, 0.6) is 5.75 Å².